The molecule has 0 saturated heterocycles. The van der Waals surface area contributed by atoms with Gasteiger partial charge in [-0.3, -0.25) is 14.0 Å². The quantitative estimate of drug-likeness (QED) is 0.535. The van der Waals surface area contributed by atoms with Crippen LogP contribution in [0.25, 0.3) is 11.3 Å². The number of carbonyl (C=O) groups is 1. The van der Waals surface area contributed by atoms with Crippen LogP contribution in [0.1, 0.15) is 32.0 Å². The van der Waals surface area contributed by atoms with Crippen LogP contribution in [0, 0.1) is 11.8 Å². The third-order valence-electron chi connectivity index (χ3n) is 6.59. The van der Waals surface area contributed by atoms with E-state index in [0.29, 0.717) is 34.7 Å². The average molecular weight is 464 g/mol. The monoisotopic (exact) mass is 463 g/mol. The van der Waals surface area contributed by atoms with Crippen LogP contribution in [0.5, 0.6) is 5.88 Å². The fourth-order valence-electron chi connectivity index (χ4n) is 5.09. The van der Waals surface area contributed by atoms with Crippen LogP contribution in [-0.4, -0.2) is 42.9 Å². The summed E-state index contributed by atoms with van der Waals surface area (Å²) >= 11 is 0. The molecule has 33 heavy (non-hydrogen) atoms. The highest BCUT2D eigenvalue weighted by atomic mass is 32.2. The molecular formula is C24H25N5O3S. The Balaban J connectivity index is 1.38. The minimum Gasteiger partial charge on any atom is -0.477 e. The van der Waals surface area contributed by atoms with Gasteiger partial charge in [0.2, 0.25) is 11.8 Å². The minimum absolute atomic E-state index is 0.0953. The zero-order chi connectivity index (χ0) is 23.0. The molecule has 0 bridgehead atoms. The highest BCUT2D eigenvalue weighted by molar-refractivity contribution is 7.84. The van der Waals surface area contributed by atoms with Gasteiger partial charge >= 0.3 is 0 Å². The first-order chi connectivity index (χ1) is 16.0. The average Bonchev–Trinajstić information content (AvgIpc) is 3.20. The number of nitrogens with zero attached hydrogens (tertiary/aromatic N) is 4. The molecule has 1 amide bonds. The van der Waals surface area contributed by atoms with Crippen LogP contribution in [0.2, 0.25) is 0 Å². The Kier molecular flexibility index (Phi) is 5.65. The zero-order valence-corrected chi connectivity index (χ0v) is 19.3. The van der Waals surface area contributed by atoms with E-state index in [1.165, 1.54) is 0 Å². The van der Waals surface area contributed by atoms with Crippen molar-refractivity contribution < 1.29 is 13.7 Å². The second-order valence-electron chi connectivity index (χ2n) is 8.39. The van der Waals surface area contributed by atoms with Crippen molar-refractivity contribution in [3.8, 4) is 17.1 Å². The third kappa shape index (κ3) is 3.80. The maximum atomic E-state index is 13.6. The van der Waals surface area contributed by atoms with Crippen molar-refractivity contribution in [3.05, 3.63) is 54.7 Å². The number of anilines is 1. The van der Waals surface area contributed by atoms with Crippen LogP contribution >= 0.6 is 0 Å². The molecule has 0 aliphatic heterocycles. The normalized spacial score (nSPS) is 24.1. The smallest absolute Gasteiger partial charge is 0.238 e. The fraction of sp³-hybridized carbons (Fsp3) is 0.375. The number of nitrogens with one attached hydrogen (secondary N) is 1. The van der Waals surface area contributed by atoms with Crippen molar-refractivity contribution in [2.45, 2.75) is 36.6 Å². The lowest BCUT2D eigenvalue weighted by Gasteiger charge is -2.19. The Morgan fingerprint density at radius 3 is 2.61 bits per heavy atom. The standard InChI is InChI=1S/C24H25N5O3S/c1-3-32-20-14-25-13-19(28-20)15-7-9-16(10-8-15)27-23(30)24(17-5-4-6-18(17)24)22-26-12-11-21(29-22)33(2)31/h7-14,17-18H,3-6H2,1-2H3,(H,27,30)/t17-,18+,24?,33?. The molecule has 9 heteroatoms. The van der Waals surface area contributed by atoms with Gasteiger partial charge in [-0.05, 0) is 49.8 Å². The number of benzene rings is 1. The first-order valence-corrected chi connectivity index (χ1v) is 12.6. The summed E-state index contributed by atoms with van der Waals surface area (Å²) in [6.07, 6.45) is 9.53. The van der Waals surface area contributed by atoms with E-state index in [2.05, 4.69) is 25.3 Å². The summed E-state index contributed by atoms with van der Waals surface area (Å²) in [5.74, 6) is 1.33. The topological polar surface area (TPSA) is 107 Å². The lowest BCUT2D eigenvalue weighted by atomic mass is 9.93. The number of rotatable bonds is 7. The maximum Gasteiger partial charge on any atom is 0.238 e. The Morgan fingerprint density at radius 2 is 1.91 bits per heavy atom. The highest BCUT2D eigenvalue weighted by Crippen LogP contribution is 2.67. The summed E-state index contributed by atoms with van der Waals surface area (Å²) < 4.78 is 17.4. The summed E-state index contributed by atoms with van der Waals surface area (Å²) in [4.78, 5) is 31.2. The summed E-state index contributed by atoms with van der Waals surface area (Å²) in [7, 11) is -1.23. The van der Waals surface area contributed by atoms with Crippen LogP contribution in [-0.2, 0) is 21.0 Å². The van der Waals surface area contributed by atoms with Crippen molar-refractivity contribution >= 4 is 22.4 Å². The number of fused-ring (bicyclic) bond motifs is 1. The van der Waals surface area contributed by atoms with Crippen molar-refractivity contribution in [2.24, 2.45) is 11.8 Å². The van der Waals surface area contributed by atoms with Crippen LogP contribution in [0.4, 0.5) is 5.69 Å². The lowest BCUT2D eigenvalue weighted by Crippen LogP contribution is -2.34. The van der Waals surface area contributed by atoms with Gasteiger partial charge in [0, 0.05) is 23.7 Å². The summed E-state index contributed by atoms with van der Waals surface area (Å²) in [6.45, 7) is 2.42. The number of hydrogen-bond acceptors (Lipinski definition) is 7. The third-order valence-corrected chi connectivity index (χ3v) is 7.41. The second kappa shape index (κ2) is 8.62. The van der Waals surface area contributed by atoms with Crippen LogP contribution in [0.15, 0.2) is 53.9 Å². The zero-order valence-electron chi connectivity index (χ0n) is 18.5. The van der Waals surface area contributed by atoms with E-state index >= 15 is 0 Å². The molecule has 3 aromatic rings. The van der Waals surface area contributed by atoms with Gasteiger partial charge in [-0.2, -0.15) is 0 Å². The van der Waals surface area contributed by atoms with Gasteiger partial charge in [0.25, 0.3) is 0 Å². The Bertz CT molecular complexity index is 1210. The van der Waals surface area contributed by atoms with E-state index in [-0.39, 0.29) is 17.7 Å². The molecule has 1 aromatic carbocycles. The SMILES string of the molecule is CCOc1cncc(-c2ccc(NC(=O)C3(c4nccc(S(C)=O)n4)[C@@H]4CCC[C@@H]43)cc2)n1. The van der Waals surface area contributed by atoms with Crippen LogP contribution < -0.4 is 10.1 Å². The molecule has 5 rings (SSSR count). The molecular weight excluding hydrogens is 438 g/mol. The summed E-state index contributed by atoms with van der Waals surface area (Å²) in [5, 5.41) is 3.53. The summed E-state index contributed by atoms with van der Waals surface area (Å²) in [5.41, 5.74) is 1.52. The molecule has 0 spiro atoms. The summed E-state index contributed by atoms with van der Waals surface area (Å²) in [6, 6.07) is 9.14. The molecule has 1 N–H and O–H groups in total. The van der Waals surface area contributed by atoms with E-state index in [9.17, 15) is 9.00 Å². The first kappa shape index (κ1) is 21.6. The molecule has 0 radical (unpaired) electrons. The Morgan fingerprint density at radius 1 is 1.15 bits per heavy atom. The molecule has 170 valence electrons. The number of aromatic nitrogens is 4. The number of hydrogen-bond donors (Lipinski definition) is 1. The first-order valence-electron chi connectivity index (χ1n) is 11.1. The van der Waals surface area contributed by atoms with E-state index < -0.39 is 16.2 Å². The number of amides is 1. The van der Waals surface area contributed by atoms with Gasteiger partial charge in [-0.1, -0.05) is 18.6 Å². The van der Waals surface area contributed by atoms with Crippen molar-refractivity contribution in [1.82, 2.24) is 19.9 Å². The Labute approximate surface area is 194 Å². The van der Waals surface area contributed by atoms with Crippen molar-refractivity contribution in [2.75, 3.05) is 18.2 Å². The van der Waals surface area contributed by atoms with Gasteiger partial charge in [-0.25, -0.2) is 15.0 Å². The van der Waals surface area contributed by atoms with Crippen molar-refractivity contribution in [3.63, 3.8) is 0 Å². The lowest BCUT2D eigenvalue weighted by molar-refractivity contribution is -0.119. The van der Waals surface area contributed by atoms with E-state index in [1.807, 2.05) is 31.2 Å². The molecule has 2 heterocycles. The minimum atomic E-state index is -1.23. The van der Waals surface area contributed by atoms with Crippen molar-refractivity contribution in [1.29, 1.82) is 0 Å². The number of carbonyl (C=O) groups excluding carboxylic acids is 1. The maximum absolute atomic E-state index is 13.6. The molecule has 8 nitrogen and oxygen atoms in total. The molecule has 2 aromatic heterocycles. The molecule has 2 aliphatic carbocycles. The molecule has 2 fully saturated rings. The molecule has 4 atom stereocenters. The second-order valence-corrected chi connectivity index (χ2v) is 9.72. The predicted octanol–water partition coefficient (Wildman–Crippen LogP) is 3.38. The van der Waals surface area contributed by atoms with E-state index in [1.54, 1.807) is 30.9 Å². The fourth-order valence-corrected chi connectivity index (χ4v) is 5.56. The van der Waals surface area contributed by atoms with E-state index in [4.69, 9.17) is 4.74 Å². The molecule has 2 aliphatic rings. The van der Waals surface area contributed by atoms with E-state index in [0.717, 1.165) is 24.8 Å². The number of ether oxygens (including phenoxy) is 1. The highest BCUT2D eigenvalue weighted by Gasteiger charge is 2.73. The Hall–Kier alpha value is -3.20. The van der Waals surface area contributed by atoms with Crippen LogP contribution in [0.3, 0.4) is 0 Å². The predicted molar refractivity (Wildman–Crippen MR) is 124 cm³/mol. The van der Waals surface area contributed by atoms with Gasteiger partial charge in [-0.15, -0.1) is 0 Å². The van der Waals surface area contributed by atoms with Gasteiger partial charge in [0.15, 0.2) is 0 Å². The largest absolute Gasteiger partial charge is 0.477 e. The van der Waals surface area contributed by atoms with Gasteiger partial charge in [0.1, 0.15) is 16.3 Å². The van der Waals surface area contributed by atoms with Gasteiger partial charge in [0.05, 0.1) is 35.5 Å². The molecule has 2 unspecified atom stereocenters. The molecule has 2 saturated carbocycles. The van der Waals surface area contributed by atoms with Gasteiger partial charge < -0.3 is 10.1 Å².